The summed E-state index contributed by atoms with van der Waals surface area (Å²) < 4.78 is 13.0. The van der Waals surface area contributed by atoms with Gasteiger partial charge in [0.25, 0.3) is 0 Å². The van der Waals surface area contributed by atoms with Crippen LogP contribution >= 0.6 is 31.9 Å². The van der Waals surface area contributed by atoms with Crippen molar-refractivity contribution in [3.63, 3.8) is 0 Å². The number of carbonyl (C=O) groups excluding carboxylic acids is 2. The van der Waals surface area contributed by atoms with Crippen LogP contribution in [0.2, 0.25) is 0 Å². The molecule has 2 aromatic heterocycles. The Kier molecular flexibility index (Phi) is 7.73. The maximum atomic E-state index is 12.8. The van der Waals surface area contributed by atoms with E-state index in [0.29, 0.717) is 32.9 Å². The van der Waals surface area contributed by atoms with E-state index in [1.54, 1.807) is 22.2 Å². The van der Waals surface area contributed by atoms with Gasteiger partial charge in [0.15, 0.2) is 0 Å². The van der Waals surface area contributed by atoms with Gasteiger partial charge in [-0.3, -0.25) is 19.4 Å². The summed E-state index contributed by atoms with van der Waals surface area (Å²) >= 11 is 6.95. The Morgan fingerprint density at radius 2 is 1.54 bits per heavy atom. The monoisotopic (exact) mass is 634 g/mol. The van der Waals surface area contributed by atoms with Crippen LogP contribution in [0.15, 0.2) is 33.5 Å². The highest BCUT2D eigenvalue weighted by atomic mass is 79.9. The molecule has 2 fully saturated rings. The molecule has 4 atom stereocenters. The minimum absolute atomic E-state index is 0.0395. The van der Waals surface area contributed by atoms with E-state index in [4.69, 9.17) is 9.47 Å². The predicted molar refractivity (Wildman–Crippen MR) is 148 cm³/mol. The third-order valence-corrected chi connectivity index (χ3v) is 8.90. The minimum atomic E-state index is -0.455. The van der Waals surface area contributed by atoms with Crippen LogP contribution in [-0.2, 0) is 19.1 Å². The SMILES string of the molecule is CCN1C(=O)C2COCCC2c2cc(Br)cnc21.CCN1C(=O)[C@]2(C)COCC[C@H]2c2cc(Br)cnc21. The second-order valence-corrected chi connectivity index (χ2v) is 12.0. The van der Waals surface area contributed by atoms with Gasteiger partial charge in [-0.25, -0.2) is 9.97 Å². The molecule has 4 aliphatic heterocycles. The highest BCUT2D eigenvalue weighted by Gasteiger charge is 2.51. The summed E-state index contributed by atoms with van der Waals surface area (Å²) in [7, 11) is 0. The molecule has 0 bridgehead atoms. The zero-order valence-electron chi connectivity index (χ0n) is 21.4. The van der Waals surface area contributed by atoms with Crippen molar-refractivity contribution in [2.24, 2.45) is 11.3 Å². The molecule has 0 saturated carbocycles. The van der Waals surface area contributed by atoms with E-state index < -0.39 is 5.41 Å². The van der Waals surface area contributed by atoms with E-state index in [2.05, 4.69) is 54.0 Å². The largest absolute Gasteiger partial charge is 0.381 e. The quantitative estimate of drug-likeness (QED) is 0.459. The summed E-state index contributed by atoms with van der Waals surface area (Å²) in [5.74, 6) is 2.37. The lowest BCUT2D eigenvalue weighted by Gasteiger charge is -2.47. The van der Waals surface area contributed by atoms with E-state index in [1.165, 1.54) is 11.1 Å². The van der Waals surface area contributed by atoms with E-state index in [9.17, 15) is 9.59 Å². The number of nitrogens with zero attached hydrogens (tertiary/aromatic N) is 4. The Labute approximate surface area is 234 Å². The van der Waals surface area contributed by atoms with E-state index in [0.717, 1.165) is 40.0 Å². The van der Waals surface area contributed by atoms with E-state index in [1.807, 2.05) is 20.8 Å². The Bertz CT molecular complexity index is 1210. The number of hydrogen-bond donors (Lipinski definition) is 0. The average molecular weight is 636 g/mol. The molecule has 37 heavy (non-hydrogen) atoms. The first kappa shape index (κ1) is 26.7. The van der Waals surface area contributed by atoms with Crippen molar-refractivity contribution in [2.45, 2.75) is 45.4 Å². The number of halogens is 2. The fourth-order valence-electron chi connectivity index (χ4n) is 6.15. The van der Waals surface area contributed by atoms with Crippen LogP contribution in [0.1, 0.15) is 56.6 Å². The van der Waals surface area contributed by atoms with E-state index in [-0.39, 0.29) is 29.6 Å². The molecular formula is C27H32Br2N4O4. The normalized spacial score (nSPS) is 28.4. The lowest BCUT2D eigenvalue weighted by atomic mass is 9.68. The number of pyridine rings is 2. The molecule has 6 heterocycles. The summed E-state index contributed by atoms with van der Waals surface area (Å²) in [5, 5.41) is 0. The molecule has 198 valence electrons. The van der Waals surface area contributed by atoms with Gasteiger partial charge in [0.2, 0.25) is 11.8 Å². The second-order valence-electron chi connectivity index (χ2n) is 10.2. The molecule has 0 aromatic carbocycles. The molecule has 0 spiro atoms. The van der Waals surface area contributed by atoms with E-state index >= 15 is 0 Å². The average Bonchev–Trinajstić information content (AvgIpc) is 2.91. The molecule has 2 saturated heterocycles. The van der Waals surface area contributed by atoms with Gasteiger partial charge < -0.3 is 9.47 Å². The molecule has 10 heteroatoms. The van der Waals surface area contributed by atoms with Crippen molar-refractivity contribution in [3.8, 4) is 0 Å². The third kappa shape index (κ3) is 4.64. The summed E-state index contributed by atoms with van der Waals surface area (Å²) in [5.41, 5.74) is 1.89. The lowest BCUT2D eigenvalue weighted by molar-refractivity contribution is -0.137. The van der Waals surface area contributed by atoms with Crippen LogP contribution < -0.4 is 9.80 Å². The van der Waals surface area contributed by atoms with Crippen LogP contribution in [0.4, 0.5) is 11.6 Å². The molecule has 4 aliphatic rings. The molecule has 8 nitrogen and oxygen atoms in total. The molecule has 0 radical (unpaired) electrons. The van der Waals surface area contributed by atoms with Gasteiger partial charge >= 0.3 is 0 Å². The van der Waals surface area contributed by atoms with Gasteiger partial charge in [0, 0.05) is 70.6 Å². The number of carbonyl (C=O) groups is 2. The van der Waals surface area contributed by atoms with Crippen LogP contribution in [0.25, 0.3) is 0 Å². The van der Waals surface area contributed by atoms with Crippen molar-refractivity contribution in [3.05, 3.63) is 44.6 Å². The van der Waals surface area contributed by atoms with Crippen LogP contribution in [0, 0.1) is 11.3 Å². The number of fused-ring (bicyclic) bond motifs is 6. The van der Waals surface area contributed by atoms with Gasteiger partial charge in [-0.05, 0) is 77.6 Å². The zero-order valence-corrected chi connectivity index (χ0v) is 24.5. The maximum Gasteiger partial charge on any atom is 0.237 e. The van der Waals surface area contributed by atoms with Crippen LogP contribution in [-0.4, -0.2) is 61.3 Å². The fraction of sp³-hybridized carbons (Fsp3) is 0.556. The van der Waals surface area contributed by atoms with Crippen molar-refractivity contribution in [2.75, 3.05) is 49.3 Å². The lowest BCUT2D eigenvalue weighted by Crippen LogP contribution is -2.54. The van der Waals surface area contributed by atoms with Gasteiger partial charge in [-0.1, -0.05) is 0 Å². The Balaban J connectivity index is 0.000000152. The summed E-state index contributed by atoms with van der Waals surface area (Å²) in [6.45, 7) is 9.76. The topological polar surface area (TPSA) is 84.9 Å². The fourth-order valence-corrected chi connectivity index (χ4v) is 6.85. The number of ether oxygens (including phenoxy) is 2. The predicted octanol–water partition coefficient (Wildman–Crippen LogP) is 5.05. The van der Waals surface area contributed by atoms with Crippen molar-refractivity contribution in [1.82, 2.24) is 9.97 Å². The molecule has 2 unspecified atom stereocenters. The van der Waals surface area contributed by atoms with Gasteiger partial charge in [-0.2, -0.15) is 0 Å². The summed E-state index contributed by atoms with van der Waals surface area (Å²) in [4.78, 5) is 37.6. The van der Waals surface area contributed by atoms with Gasteiger partial charge in [0.05, 0.1) is 24.5 Å². The first-order valence-corrected chi connectivity index (χ1v) is 14.5. The Hall–Kier alpha value is -1.88. The second kappa shape index (κ2) is 10.7. The number of hydrogen-bond acceptors (Lipinski definition) is 6. The minimum Gasteiger partial charge on any atom is -0.381 e. The zero-order chi connectivity index (χ0) is 26.3. The summed E-state index contributed by atoms with van der Waals surface area (Å²) in [6.07, 6.45) is 5.30. The van der Waals surface area contributed by atoms with Gasteiger partial charge in [0.1, 0.15) is 11.6 Å². The van der Waals surface area contributed by atoms with Gasteiger partial charge in [-0.15, -0.1) is 0 Å². The Morgan fingerprint density at radius 1 is 0.919 bits per heavy atom. The van der Waals surface area contributed by atoms with Crippen molar-refractivity contribution in [1.29, 1.82) is 0 Å². The van der Waals surface area contributed by atoms with Crippen molar-refractivity contribution < 1.29 is 19.1 Å². The van der Waals surface area contributed by atoms with Crippen LogP contribution in [0.5, 0.6) is 0 Å². The first-order chi connectivity index (χ1) is 17.8. The standard InChI is InChI=1S/C14H17BrN2O2.C13H15BrN2O2/c1-3-17-12-10(6-9(15)7-16-12)11-4-5-19-8-14(11,2)13(17)18;1-2-16-12-10(5-8(14)6-15-12)9-3-4-18-7-11(9)13(16)17/h6-7,11H,3-5,8H2,1-2H3;5-6,9,11H,2-4,7H2,1H3/t11-,14+;/m0./s1. The Morgan fingerprint density at radius 3 is 2.22 bits per heavy atom. The number of amides is 2. The highest BCUT2D eigenvalue weighted by molar-refractivity contribution is 9.10. The van der Waals surface area contributed by atoms with Crippen molar-refractivity contribution >= 4 is 55.3 Å². The molecule has 6 rings (SSSR count). The summed E-state index contributed by atoms with van der Waals surface area (Å²) in [6, 6.07) is 4.20. The molecule has 0 N–H and O–H groups in total. The maximum absolute atomic E-state index is 12.8. The molecular weight excluding hydrogens is 604 g/mol. The molecule has 0 aliphatic carbocycles. The number of rotatable bonds is 2. The first-order valence-electron chi connectivity index (χ1n) is 12.9. The van der Waals surface area contributed by atoms with Crippen LogP contribution in [0.3, 0.4) is 0 Å². The number of anilines is 2. The smallest absolute Gasteiger partial charge is 0.237 e. The molecule has 2 aromatic rings. The highest BCUT2D eigenvalue weighted by Crippen LogP contribution is 2.50. The third-order valence-electron chi connectivity index (χ3n) is 8.04. The molecule has 2 amide bonds. The number of aromatic nitrogens is 2.